The first kappa shape index (κ1) is 34.5. The van der Waals surface area contributed by atoms with Gasteiger partial charge in [-0.15, -0.1) is 0 Å². The van der Waals surface area contributed by atoms with Crippen LogP contribution in [-0.2, 0) is 33.9 Å². The first-order chi connectivity index (χ1) is 24.0. The van der Waals surface area contributed by atoms with Gasteiger partial charge in [0.15, 0.2) is 6.29 Å². The molecule has 2 fully saturated rings. The minimum absolute atomic E-state index is 0.0139. The van der Waals surface area contributed by atoms with E-state index in [9.17, 15) is 9.90 Å². The van der Waals surface area contributed by atoms with Crippen LogP contribution >= 0.6 is 0 Å². The van der Waals surface area contributed by atoms with Gasteiger partial charge in [0.25, 0.3) is 0 Å². The zero-order valence-electron chi connectivity index (χ0n) is 28.2. The number of hydrogen-bond acceptors (Lipinski definition) is 7. The Morgan fingerprint density at radius 2 is 1.53 bits per heavy atom. The van der Waals surface area contributed by atoms with Crippen LogP contribution in [0.2, 0.25) is 0 Å². The van der Waals surface area contributed by atoms with Gasteiger partial charge in [-0.25, -0.2) is 4.79 Å². The Balaban J connectivity index is 1.14. The van der Waals surface area contributed by atoms with Crippen molar-refractivity contribution >= 4 is 6.09 Å². The number of nitrogens with one attached hydrogen (secondary N) is 1. The summed E-state index contributed by atoms with van der Waals surface area (Å²) < 4.78 is 18.5. The van der Waals surface area contributed by atoms with Crippen molar-refractivity contribution in [1.82, 2.24) is 15.1 Å². The van der Waals surface area contributed by atoms with Gasteiger partial charge in [-0.1, -0.05) is 117 Å². The Morgan fingerprint density at radius 1 is 0.837 bits per heavy atom. The van der Waals surface area contributed by atoms with Crippen molar-refractivity contribution in [1.29, 1.82) is 0 Å². The van der Waals surface area contributed by atoms with E-state index >= 15 is 0 Å². The molecule has 2 aliphatic heterocycles. The van der Waals surface area contributed by atoms with Gasteiger partial charge in [-0.2, -0.15) is 0 Å². The Labute approximate surface area is 289 Å². The summed E-state index contributed by atoms with van der Waals surface area (Å²) in [4.78, 5) is 16.9. The molecule has 8 heteroatoms. The molecule has 0 bridgehead atoms. The van der Waals surface area contributed by atoms with E-state index in [1.807, 2.05) is 24.3 Å². The molecule has 256 valence electrons. The van der Waals surface area contributed by atoms with Crippen LogP contribution in [0.4, 0.5) is 4.79 Å². The van der Waals surface area contributed by atoms with Crippen LogP contribution < -0.4 is 5.32 Å². The largest absolute Gasteiger partial charge is 0.445 e. The van der Waals surface area contributed by atoms with E-state index in [1.165, 1.54) is 5.56 Å². The van der Waals surface area contributed by atoms with Crippen LogP contribution in [0.5, 0.6) is 0 Å². The predicted molar refractivity (Wildman–Crippen MR) is 191 cm³/mol. The standard InChI is InChI=1S/C41H47N3O5/c1-3-24-47-41(46)42-26-33-10-7-11-37(25-33)34-16-18-36(19-17-34)40-48-38(30(2)39(49-40)35-14-12-32(29-45)13-15-35)28-44-22-20-43(21-23-44)27-31-8-5-4-6-9-31/h3-19,25,30,38-40,45H,1,20-24,26-29H2,2H3,(H,42,46)/t30-,38+,39+,40+/m1/s1. The highest BCUT2D eigenvalue weighted by Gasteiger charge is 2.39. The van der Waals surface area contributed by atoms with E-state index in [1.54, 1.807) is 6.08 Å². The number of carbonyl (C=O) groups excluding carboxylic acids is 1. The van der Waals surface area contributed by atoms with Crippen molar-refractivity contribution in [2.75, 3.05) is 39.3 Å². The average molecular weight is 662 g/mol. The van der Waals surface area contributed by atoms with Crippen LogP contribution in [0.1, 0.15) is 47.1 Å². The zero-order valence-corrected chi connectivity index (χ0v) is 28.2. The molecule has 8 nitrogen and oxygen atoms in total. The van der Waals surface area contributed by atoms with E-state index in [0.29, 0.717) is 6.54 Å². The molecule has 0 spiro atoms. The number of benzene rings is 4. The predicted octanol–water partition coefficient (Wildman–Crippen LogP) is 6.87. The molecule has 0 saturated carbocycles. The van der Waals surface area contributed by atoms with Crippen molar-refractivity contribution < 1.29 is 24.1 Å². The number of amides is 1. The van der Waals surface area contributed by atoms with Gasteiger partial charge in [-0.05, 0) is 39.4 Å². The first-order valence-corrected chi connectivity index (χ1v) is 17.2. The molecule has 6 rings (SSSR count). The molecule has 2 N–H and O–H groups in total. The Morgan fingerprint density at radius 3 is 2.24 bits per heavy atom. The number of rotatable bonds is 12. The Bertz CT molecular complexity index is 1640. The fourth-order valence-corrected chi connectivity index (χ4v) is 6.61. The van der Waals surface area contributed by atoms with Gasteiger partial charge >= 0.3 is 6.09 Å². The summed E-state index contributed by atoms with van der Waals surface area (Å²) in [5.41, 5.74) is 7.38. The van der Waals surface area contributed by atoms with Crippen molar-refractivity contribution in [3.8, 4) is 11.1 Å². The van der Waals surface area contributed by atoms with Crippen LogP contribution in [-0.4, -0.2) is 66.4 Å². The summed E-state index contributed by atoms with van der Waals surface area (Å²) in [6.45, 7) is 12.2. The molecule has 0 aromatic heterocycles. The monoisotopic (exact) mass is 661 g/mol. The van der Waals surface area contributed by atoms with E-state index < -0.39 is 12.4 Å². The zero-order chi connectivity index (χ0) is 34.0. The highest BCUT2D eigenvalue weighted by atomic mass is 16.7. The van der Waals surface area contributed by atoms with Gasteiger partial charge in [-0.3, -0.25) is 9.80 Å². The number of aliphatic hydroxyl groups excluding tert-OH is 1. The molecular formula is C41H47N3O5. The maximum atomic E-state index is 11.9. The summed E-state index contributed by atoms with van der Waals surface area (Å²) in [6, 6.07) is 35.2. The highest BCUT2D eigenvalue weighted by Crippen LogP contribution is 2.42. The average Bonchev–Trinajstić information content (AvgIpc) is 3.15. The molecule has 0 aliphatic carbocycles. The third-order valence-corrected chi connectivity index (χ3v) is 9.49. The first-order valence-electron chi connectivity index (χ1n) is 17.2. The van der Waals surface area contributed by atoms with Gasteiger partial charge in [0.05, 0.1) is 18.8 Å². The summed E-state index contributed by atoms with van der Waals surface area (Å²) in [5.74, 6) is 0.128. The van der Waals surface area contributed by atoms with Crippen LogP contribution in [0.3, 0.4) is 0 Å². The molecule has 4 aromatic rings. The van der Waals surface area contributed by atoms with Gasteiger partial charge in [0.2, 0.25) is 0 Å². The van der Waals surface area contributed by atoms with E-state index in [4.69, 9.17) is 14.2 Å². The fraction of sp³-hybridized carbons (Fsp3) is 0.341. The Kier molecular flexibility index (Phi) is 11.9. The van der Waals surface area contributed by atoms with Crippen LogP contribution in [0, 0.1) is 5.92 Å². The summed E-state index contributed by atoms with van der Waals surface area (Å²) >= 11 is 0. The third kappa shape index (κ3) is 9.23. The molecule has 2 aliphatic rings. The maximum absolute atomic E-state index is 11.9. The normalized spacial score (nSPS) is 21.6. The number of carbonyl (C=O) groups is 1. The molecule has 4 aromatic carbocycles. The second-order valence-corrected chi connectivity index (χ2v) is 12.9. The lowest BCUT2D eigenvalue weighted by molar-refractivity contribution is -0.276. The van der Waals surface area contributed by atoms with E-state index in [0.717, 1.165) is 72.6 Å². The molecule has 1 amide bonds. The molecule has 2 saturated heterocycles. The van der Waals surface area contributed by atoms with Crippen LogP contribution in [0.25, 0.3) is 11.1 Å². The highest BCUT2D eigenvalue weighted by molar-refractivity contribution is 5.68. The molecule has 0 radical (unpaired) electrons. The number of aliphatic hydroxyl groups is 1. The number of hydrogen-bond donors (Lipinski definition) is 2. The van der Waals surface area contributed by atoms with Crippen LogP contribution in [0.15, 0.2) is 116 Å². The van der Waals surface area contributed by atoms with Gasteiger partial charge < -0.3 is 24.6 Å². The number of ether oxygens (including phenoxy) is 3. The van der Waals surface area contributed by atoms with Gasteiger partial charge in [0.1, 0.15) is 6.61 Å². The number of nitrogens with zero attached hydrogens (tertiary/aromatic N) is 2. The molecule has 4 atom stereocenters. The summed E-state index contributed by atoms with van der Waals surface area (Å²) in [7, 11) is 0. The van der Waals surface area contributed by atoms with Gasteiger partial charge in [0, 0.05) is 57.3 Å². The SMILES string of the molecule is C=CCOC(=O)NCc1cccc(-c2ccc([C@H]3O[C@@H](CN4CCN(Cc5ccccc5)CC4)[C@@H](C)[C@@H](c4ccc(CO)cc4)O3)cc2)c1. The maximum Gasteiger partial charge on any atom is 0.407 e. The lowest BCUT2D eigenvalue weighted by Gasteiger charge is -2.44. The quantitative estimate of drug-likeness (QED) is 0.161. The molecular weight excluding hydrogens is 614 g/mol. The lowest BCUT2D eigenvalue weighted by Crippen LogP contribution is -2.51. The summed E-state index contributed by atoms with van der Waals surface area (Å²) in [6.07, 6.45) is 0.373. The molecule has 49 heavy (non-hydrogen) atoms. The van der Waals surface area contributed by atoms with Crippen molar-refractivity contribution in [3.63, 3.8) is 0 Å². The van der Waals surface area contributed by atoms with Crippen molar-refractivity contribution in [2.45, 2.75) is 45.1 Å². The molecule has 2 heterocycles. The Hall–Kier alpha value is -4.31. The van der Waals surface area contributed by atoms with E-state index in [2.05, 4.69) is 107 Å². The fourth-order valence-electron chi connectivity index (χ4n) is 6.61. The minimum Gasteiger partial charge on any atom is -0.445 e. The second-order valence-electron chi connectivity index (χ2n) is 12.9. The topological polar surface area (TPSA) is 83.5 Å². The number of piperazine rings is 1. The third-order valence-electron chi connectivity index (χ3n) is 9.49. The molecule has 0 unspecified atom stereocenters. The second kappa shape index (κ2) is 16.9. The number of alkyl carbamates (subject to hydrolysis) is 1. The minimum atomic E-state index is -0.519. The van der Waals surface area contributed by atoms with Crippen molar-refractivity contribution in [2.24, 2.45) is 5.92 Å². The van der Waals surface area contributed by atoms with Crippen molar-refractivity contribution in [3.05, 3.63) is 144 Å². The lowest BCUT2D eigenvalue weighted by atomic mass is 9.89. The summed E-state index contributed by atoms with van der Waals surface area (Å²) in [5, 5.41) is 12.4. The van der Waals surface area contributed by atoms with E-state index in [-0.39, 0.29) is 31.3 Å². The smallest absolute Gasteiger partial charge is 0.407 e.